The summed E-state index contributed by atoms with van der Waals surface area (Å²) < 4.78 is 9.83. The van der Waals surface area contributed by atoms with Crippen LogP contribution < -0.4 is 51.4 Å². The number of aliphatic hydroxyl groups excluding tert-OH is 3. The van der Waals surface area contributed by atoms with Gasteiger partial charge in [0, 0.05) is 19.1 Å². The molecule has 0 heterocycles. The van der Waals surface area contributed by atoms with Crippen molar-refractivity contribution in [2.24, 2.45) is 0 Å². The molecule has 6 nitrogen and oxygen atoms in total. The van der Waals surface area contributed by atoms with Crippen molar-refractivity contribution < 1.29 is 81.0 Å². The topological polar surface area (TPSA) is 96.2 Å². The third kappa shape index (κ3) is 17.2. The number of ether oxygens (including phenoxy) is 2. The van der Waals surface area contributed by atoms with E-state index < -0.39 is 18.8 Å². The Morgan fingerprint density at radius 2 is 1.90 bits per heavy atom. The Morgan fingerprint density at radius 3 is 2.35 bits per heavy atom. The molecule has 0 amide bonds. The number of unbranched alkanes of at least 4 members (excludes halogenated alkanes) is 1. The van der Waals surface area contributed by atoms with E-state index in [1.165, 1.54) is 6.92 Å². The van der Waals surface area contributed by atoms with Gasteiger partial charge in [0.15, 0.2) is 0 Å². The van der Waals surface area contributed by atoms with Gasteiger partial charge < -0.3 is 29.6 Å². The van der Waals surface area contributed by atoms with Crippen molar-refractivity contribution in [3.63, 3.8) is 0 Å². The minimum atomic E-state index is -1.27. The Balaban J connectivity index is -0.000000916. The summed E-state index contributed by atoms with van der Waals surface area (Å²) in [7, 11) is 0. The van der Waals surface area contributed by atoms with E-state index in [-0.39, 0.29) is 57.2 Å². The summed E-state index contributed by atoms with van der Waals surface area (Å²) in [5.41, 5.74) is 0. The van der Waals surface area contributed by atoms with Crippen LogP contribution in [-0.2, 0) is 14.3 Å². The SMILES string of the molecule is CC.CC(=O)CCCCO[CH-]OC(CO)C(O)[CH-]O.[K+]. The number of hydrogen-bond donors (Lipinski definition) is 3. The molecule has 0 aromatic carbocycles. The maximum Gasteiger partial charge on any atom is 1.00 e. The molecule has 7 heteroatoms. The van der Waals surface area contributed by atoms with Gasteiger partial charge in [0.1, 0.15) is 5.78 Å². The van der Waals surface area contributed by atoms with Crippen LogP contribution in [0, 0.1) is 13.4 Å². The fourth-order valence-electron chi connectivity index (χ4n) is 1.05. The van der Waals surface area contributed by atoms with E-state index in [1.807, 2.05) is 13.8 Å². The van der Waals surface area contributed by atoms with Crippen LogP contribution in [0.4, 0.5) is 0 Å². The molecule has 0 bridgehead atoms. The fourth-order valence-corrected chi connectivity index (χ4v) is 1.05. The molecule has 0 aliphatic heterocycles. The summed E-state index contributed by atoms with van der Waals surface area (Å²) in [6, 6.07) is 0. The first-order valence-electron chi connectivity index (χ1n) is 6.46. The van der Waals surface area contributed by atoms with E-state index >= 15 is 0 Å². The van der Waals surface area contributed by atoms with Crippen molar-refractivity contribution >= 4 is 5.78 Å². The molecule has 0 saturated heterocycles. The molecule has 0 aromatic rings. The van der Waals surface area contributed by atoms with Gasteiger partial charge in [-0.3, -0.25) is 0 Å². The molecule has 2 unspecified atom stereocenters. The number of aliphatic hydroxyl groups is 3. The van der Waals surface area contributed by atoms with Crippen molar-refractivity contribution in [3.8, 4) is 0 Å². The number of ketones is 1. The molecular weight excluding hydrogens is 291 g/mol. The molecule has 0 aromatic heterocycles. The standard InChI is InChI=1S/C11H20O6.C2H6.K/c1-9(14)4-2-3-5-16-8-17-11(7-13)10(15)6-12;1-2;/h6,8,10-13,15H,2-5,7H2,1H3;1-2H3;/q-2;;+1. The van der Waals surface area contributed by atoms with Crippen LogP contribution in [-0.4, -0.2) is 46.5 Å². The van der Waals surface area contributed by atoms with Gasteiger partial charge in [0.2, 0.25) is 0 Å². The molecule has 0 rings (SSSR count). The van der Waals surface area contributed by atoms with Crippen molar-refractivity contribution in [3.05, 3.63) is 13.4 Å². The van der Waals surface area contributed by atoms with E-state index in [2.05, 4.69) is 0 Å². The van der Waals surface area contributed by atoms with E-state index in [9.17, 15) is 4.79 Å². The third-order valence-corrected chi connectivity index (χ3v) is 2.05. The molecule has 0 spiro atoms. The van der Waals surface area contributed by atoms with Gasteiger partial charge >= 0.3 is 51.4 Å². The van der Waals surface area contributed by atoms with Crippen molar-refractivity contribution in [2.45, 2.75) is 52.2 Å². The molecule has 116 valence electrons. The van der Waals surface area contributed by atoms with Crippen molar-refractivity contribution in [1.29, 1.82) is 0 Å². The summed E-state index contributed by atoms with van der Waals surface area (Å²) in [4.78, 5) is 10.6. The van der Waals surface area contributed by atoms with E-state index in [1.54, 1.807) is 0 Å². The van der Waals surface area contributed by atoms with Gasteiger partial charge in [-0.25, -0.2) is 0 Å². The summed E-state index contributed by atoms with van der Waals surface area (Å²) in [5.74, 6) is 0.146. The van der Waals surface area contributed by atoms with Crippen LogP contribution in [0.25, 0.3) is 0 Å². The molecule has 3 N–H and O–H groups in total. The molecule has 0 radical (unpaired) electrons. The first kappa shape index (κ1) is 26.0. The normalized spacial score (nSPS) is 12.7. The van der Waals surface area contributed by atoms with Gasteiger partial charge in [0.25, 0.3) is 0 Å². The number of carbonyl (C=O) groups excluding carboxylic acids is 1. The zero-order valence-corrected chi connectivity index (χ0v) is 16.0. The minimum Gasteiger partial charge on any atom is -0.563 e. The second-order valence-corrected chi connectivity index (χ2v) is 3.62. The Morgan fingerprint density at radius 1 is 1.30 bits per heavy atom. The summed E-state index contributed by atoms with van der Waals surface area (Å²) in [6.07, 6.45) is -0.214. The fraction of sp³-hybridized carbons (Fsp3) is 0.769. The number of hydrogen-bond acceptors (Lipinski definition) is 6. The Bertz CT molecular complexity index is 203. The smallest absolute Gasteiger partial charge is 0.563 e. The average molecular weight is 317 g/mol. The summed E-state index contributed by atoms with van der Waals surface area (Å²) >= 11 is 0. The van der Waals surface area contributed by atoms with Crippen LogP contribution in [0.5, 0.6) is 0 Å². The third-order valence-electron chi connectivity index (χ3n) is 2.05. The second kappa shape index (κ2) is 20.1. The van der Waals surface area contributed by atoms with Crippen LogP contribution in [0.1, 0.15) is 40.0 Å². The summed E-state index contributed by atoms with van der Waals surface area (Å²) in [6.45, 7) is 7.03. The molecular formula is C13H26KO6-. The second-order valence-electron chi connectivity index (χ2n) is 3.62. The van der Waals surface area contributed by atoms with Crippen LogP contribution in [0.15, 0.2) is 0 Å². The van der Waals surface area contributed by atoms with Crippen molar-refractivity contribution in [2.75, 3.05) is 13.2 Å². The van der Waals surface area contributed by atoms with Crippen LogP contribution in [0.3, 0.4) is 0 Å². The molecule has 20 heavy (non-hydrogen) atoms. The minimum absolute atomic E-state index is 0. The maximum absolute atomic E-state index is 10.6. The number of rotatable bonds is 11. The zero-order chi connectivity index (χ0) is 15.1. The molecule has 0 aliphatic rings. The Labute approximate surface area is 164 Å². The summed E-state index contributed by atoms with van der Waals surface area (Å²) in [5, 5.41) is 26.4. The van der Waals surface area contributed by atoms with Crippen LogP contribution >= 0.6 is 0 Å². The maximum atomic E-state index is 10.6. The van der Waals surface area contributed by atoms with E-state index in [0.717, 1.165) is 19.6 Å². The Hall–Kier alpha value is 1.11. The van der Waals surface area contributed by atoms with Gasteiger partial charge in [0.05, 0.1) is 6.61 Å². The predicted molar refractivity (Wildman–Crippen MR) is 70.3 cm³/mol. The van der Waals surface area contributed by atoms with Crippen molar-refractivity contribution in [1.82, 2.24) is 0 Å². The average Bonchev–Trinajstić information content (AvgIpc) is 2.43. The quantitative estimate of drug-likeness (QED) is 0.236. The van der Waals surface area contributed by atoms with Gasteiger partial charge in [-0.1, -0.05) is 20.6 Å². The van der Waals surface area contributed by atoms with Gasteiger partial charge in [-0.15, -0.1) is 0 Å². The van der Waals surface area contributed by atoms with E-state index in [4.69, 9.17) is 24.8 Å². The first-order chi connectivity index (χ1) is 9.11. The zero-order valence-electron chi connectivity index (χ0n) is 12.9. The predicted octanol–water partition coefficient (Wildman–Crippen LogP) is -1.82. The Kier molecular flexibility index (Phi) is 26.2. The van der Waals surface area contributed by atoms with Crippen LogP contribution in [0.2, 0.25) is 0 Å². The monoisotopic (exact) mass is 317 g/mol. The van der Waals surface area contributed by atoms with Gasteiger partial charge in [-0.2, -0.15) is 6.61 Å². The van der Waals surface area contributed by atoms with E-state index in [0.29, 0.717) is 19.6 Å². The number of Topliss-reactive ketones (excluding diaryl/α,β-unsaturated/α-hetero) is 1. The molecule has 0 aliphatic carbocycles. The molecule has 0 fully saturated rings. The van der Waals surface area contributed by atoms with Gasteiger partial charge in [-0.05, 0) is 25.9 Å². The first-order valence-corrected chi connectivity index (χ1v) is 6.46. The number of carbonyl (C=O) groups is 1. The molecule has 2 atom stereocenters. The largest absolute Gasteiger partial charge is 1.00 e. The molecule has 0 saturated carbocycles.